The number of nitrogens with zero attached hydrogens (tertiary/aromatic N) is 1. The van der Waals surface area contributed by atoms with E-state index in [9.17, 15) is 13.2 Å². The van der Waals surface area contributed by atoms with Gasteiger partial charge < -0.3 is 16.0 Å². The van der Waals surface area contributed by atoms with E-state index in [1.807, 2.05) is 18.2 Å². The number of fused-ring (bicyclic) bond motifs is 2. The van der Waals surface area contributed by atoms with E-state index in [-0.39, 0.29) is 6.04 Å². The van der Waals surface area contributed by atoms with Gasteiger partial charge in [0.25, 0.3) is 0 Å². The number of nitrogens with one attached hydrogen (secondary N) is 1. The zero-order chi connectivity index (χ0) is 21.8. The molecule has 0 radical (unpaired) electrons. The predicted octanol–water partition coefficient (Wildman–Crippen LogP) is 5.77. The molecular formula is C24H30F3N3S. The summed E-state index contributed by atoms with van der Waals surface area (Å²) in [5.74, 6) is 0. The number of rotatable bonds is 7. The average Bonchev–Trinajstić information content (AvgIpc) is 2.76. The Balaban J connectivity index is 1.47. The van der Waals surface area contributed by atoms with Gasteiger partial charge in [-0.1, -0.05) is 36.4 Å². The first-order chi connectivity index (χ1) is 14.9. The summed E-state index contributed by atoms with van der Waals surface area (Å²) in [5, 5.41) is 3.49. The Bertz CT molecular complexity index is 892. The fourth-order valence-electron chi connectivity index (χ4n) is 4.45. The van der Waals surface area contributed by atoms with Crippen LogP contribution in [0.15, 0.2) is 46.2 Å². The van der Waals surface area contributed by atoms with E-state index in [4.69, 9.17) is 5.73 Å². The lowest BCUT2D eigenvalue weighted by atomic mass is 9.98. The summed E-state index contributed by atoms with van der Waals surface area (Å²) in [4.78, 5) is 4.22. The van der Waals surface area contributed by atoms with Crippen molar-refractivity contribution in [2.75, 3.05) is 31.5 Å². The Hall–Kier alpha value is -1.70. The number of nitrogens with two attached hydrogens (primary N) is 1. The van der Waals surface area contributed by atoms with Crippen LogP contribution in [0.3, 0.4) is 0 Å². The van der Waals surface area contributed by atoms with E-state index in [1.165, 1.54) is 29.5 Å². The Morgan fingerprint density at radius 3 is 2.55 bits per heavy atom. The third-order valence-corrected chi connectivity index (χ3v) is 7.42. The molecule has 0 aliphatic carbocycles. The van der Waals surface area contributed by atoms with Crippen LogP contribution in [0.5, 0.6) is 0 Å². The van der Waals surface area contributed by atoms with Gasteiger partial charge >= 0.3 is 6.18 Å². The minimum Gasteiger partial charge on any atom is -0.382 e. The molecule has 7 heteroatoms. The number of hydrogen-bond acceptors (Lipinski definition) is 4. The molecule has 3 nitrogen and oxygen atoms in total. The van der Waals surface area contributed by atoms with Crippen LogP contribution in [0.4, 0.5) is 18.9 Å². The first kappa shape index (κ1) is 22.5. The lowest BCUT2D eigenvalue weighted by molar-refractivity contribution is -0.137. The van der Waals surface area contributed by atoms with Crippen LogP contribution < -0.4 is 11.1 Å². The first-order valence-electron chi connectivity index (χ1n) is 11.1. The summed E-state index contributed by atoms with van der Waals surface area (Å²) in [5.41, 5.74) is 7.80. The topological polar surface area (TPSA) is 41.3 Å². The summed E-state index contributed by atoms with van der Waals surface area (Å²) in [6, 6.07) is 10.8. The highest BCUT2D eigenvalue weighted by molar-refractivity contribution is 7.99. The van der Waals surface area contributed by atoms with E-state index < -0.39 is 11.7 Å². The molecule has 0 unspecified atom stereocenters. The van der Waals surface area contributed by atoms with Crippen LogP contribution in [-0.2, 0) is 12.6 Å². The van der Waals surface area contributed by atoms with Crippen LogP contribution in [0.25, 0.3) is 0 Å². The number of halogens is 3. The normalized spacial score (nSPS) is 17.3. The van der Waals surface area contributed by atoms with Crippen molar-refractivity contribution in [2.45, 2.75) is 60.5 Å². The van der Waals surface area contributed by atoms with E-state index in [1.54, 1.807) is 0 Å². The third-order valence-electron chi connectivity index (χ3n) is 6.22. The Kier molecular flexibility index (Phi) is 7.14. The van der Waals surface area contributed by atoms with Gasteiger partial charge in [-0.25, -0.2) is 0 Å². The van der Waals surface area contributed by atoms with E-state index >= 15 is 0 Å². The molecule has 2 aromatic carbocycles. The van der Waals surface area contributed by atoms with Gasteiger partial charge in [0.05, 0.1) is 5.56 Å². The highest BCUT2D eigenvalue weighted by Gasteiger charge is 2.34. The van der Waals surface area contributed by atoms with Crippen molar-refractivity contribution < 1.29 is 13.2 Å². The maximum Gasteiger partial charge on any atom is 0.416 e. The Labute approximate surface area is 186 Å². The second kappa shape index (κ2) is 9.84. The predicted molar refractivity (Wildman–Crippen MR) is 121 cm³/mol. The zero-order valence-corrected chi connectivity index (χ0v) is 18.5. The summed E-state index contributed by atoms with van der Waals surface area (Å²) >= 11 is 1.45. The van der Waals surface area contributed by atoms with Crippen LogP contribution in [0.1, 0.15) is 48.8 Å². The maximum atomic E-state index is 13.6. The molecule has 4 rings (SSSR count). The standard InChI is InChI=1S/C24H30F3N3S/c25-24(26,27)18-15-21(20-14-17-6-2-3-7-22(17)31-23(20)16-18)29-19-8-12-30(13-9-19)11-5-1-4-10-28/h2-3,6-7,15-16,19,29H,1,4-5,8-14,28H2. The highest BCUT2D eigenvalue weighted by Crippen LogP contribution is 2.45. The van der Waals surface area contributed by atoms with E-state index in [0.29, 0.717) is 17.0 Å². The molecule has 3 N–H and O–H groups in total. The van der Waals surface area contributed by atoms with Gasteiger partial charge in [0, 0.05) is 41.0 Å². The van der Waals surface area contributed by atoms with Crippen LogP contribution in [0.2, 0.25) is 0 Å². The van der Waals surface area contributed by atoms with E-state index in [2.05, 4.69) is 16.3 Å². The van der Waals surface area contributed by atoms with Gasteiger partial charge in [-0.3, -0.25) is 0 Å². The van der Waals surface area contributed by atoms with Gasteiger partial charge in [-0.15, -0.1) is 0 Å². The quantitative estimate of drug-likeness (QED) is 0.450. The van der Waals surface area contributed by atoms with Gasteiger partial charge in [0.1, 0.15) is 0 Å². The number of anilines is 1. The summed E-state index contributed by atoms with van der Waals surface area (Å²) < 4.78 is 40.8. The van der Waals surface area contributed by atoms with Crippen LogP contribution in [0, 0.1) is 0 Å². The van der Waals surface area contributed by atoms with Crippen molar-refractivity contribution in [3.63, 3.8) is 0 Å². The largest absolute Gasteiger partial charge is 0.416 e. The van der Waals surface area contributed by atoms with Gasteiger partial charge in [0.2, 0.25) is 0 Å². The van der Waals surface area contributed by atoms with E-state index in [0.717, 1.165) is 68.7 Å². The number of piperidine rings is 1. The molecule has 31 heavy (non-hydrogen) atoms. The maximum absolute atomic E-state index is 13.6. The smallest absolute Gasteiger partial charge is 0.382 e. The molecule has 168 valence electrons. The summed E-state index contributed by atoms with van der Waals surface area (Å²) in [6.07, 6.45) is 1.60. The molecule has 1 fully saturated rings. The van der Waals surface area contributed by atoms with Crippen LogP contribution in [-0.4, -0.2) is 37.1 Å². The molecule has 0 spiro atoms. The van der Waals surface area contributed by atoms with Crippen molar-refractivity contribution in [3.05, 3.63) is 53.1 Å². The molecule has 0 bridgehead atoms. The number of alkyl halides is 3. The average molecular weight is 450 g/mol. The van der Waals surface area contributed by atoms with Crippen molar-refractivity contribution in [1.29, 1.82) is 0 Å². The first-order valence-corrected chi connectivity index (χ1v) is 11.9. The molecule has 0 aromatic heterocycles. The Morgan fingerprint density at radius 1 is 1.03 bits per heavy atom. The minimum absolute atomic E-state index is 0.204. The van der Waals surface area contributed by atoms with Crippen molar-refractivity contribution in [2.24, 2.45) is 5.73 Å². The molecule has 0 saturated carbocycles. The molecule has 2 aliphatic heterocycles. The van der Waals surface area contributed by atoms with Gasteiger partial charge in [-0.05, 0) is 68.1 Å². The second-order valence-corrected chi connectivity index (χ2v) is 9.58. The van der Waals surface area contributed by atoms with Gasteiger partial charge in [0.15, 0.2) is 0 Å². The molecule has 0 amide bonds. The third kappa shape index (κ3) is 5.57. The lowest BCUT2D eigenvalue weighted by Crippen LogP contribution is -2.39. The minimum atomic E-state index is -4.35. The monoisotopic (exact) mass is 449 g/mol. The fourth-order valence-corrected chi connectivity index (χ4v) is 5.59. The lowest BCUT2D eigenvalue weighted by Gasteiger charge is -2.34. The molecule has 2 aliphatic rings. The molecule has 2 aromatic rings. The van der Waals surface area contributed by atoms with Crippen molar-refractivity contribution >= 4 is 17.4 Å². The molecule has 1 saturated heterocycles. The number of unbranched alkanes of at least 4 members (excludes halogenated alkanes) is 2. The second-order valence-electron chi connectivity index (χ2n) is 8.49. The SMILES string of the molecule is NCCCCCN1CCC(Nc2cc(C(F)(F)F)cc3c2Cc2ccccc2S3)CC1. The Morgan fingerprint density at radius 2 is 1.81 bits per heavy atom. The summed E-state index contributed by atoms with van der Waals surface area (Å²) in [7, 11) is 0. The summed E-state index contributed by atoms with van der Waals surface area (Å²) in [6.45, 7) is 3.80. The fraction of sp³-hybridized carbons (Fsp3) is 0.500. The molecule has 2 heterocycles. The number of hydrogen-bond donors (Lipinski definition) is 2. The molecular weight excluding hydrogens is 419 g/mol. The highest BCUT2D eigenvalue weighted by atomic mass is 32.2. The molecule has 0 atom stereocenters. The number of likely N-dealkylation sites (tertiary alicyclic amines) is 1. The van der Waals surface area contributed by atoms with Crippen molar-refractivity contribution in [3.8, 4) is 0 Å². The van der Waals surface area contributed by atoms with Gasteiger partial charge in [-0.2, -0.15) is 13.2 Å². The van der Waals surface area contributed by atoms with Crippen LogP contribution >= 0.6 is 11.8 Å². The number of benzene rings is 2. The zero-order valence-electron chi connectivity index (χ0n) is 17.7. The van der Waals surface area contributed by atoms with Crippen molar-refractivity contribution in [1.82, 2.24) is 4.90 Å².